The summed E-state index contributed by atoms with van der Waals surface area (Å²) in [4.78, 5) is 36.4. The molecule has 0 radical (unpaired) electrons. The second-order valence-corrected chi connectivity index (χ2v) is 6.00. The van der Waals surface area contributed by atoms with E-state index in [-0.39, 0.29) is 13.2 Å². The van der Waals surface area contributed by atoms with E-state index in [1.54, 1.807) is 34.6 Å². The molecule has 0 rings (SSSR count). The van der Waals surface area contributed by atoms with Crippen LogP contribution in [0.4, 0.5) is 4.79 Å². The fourth-order valence-electron chi connectivity index (χ4n) is 1.71. The second-order valence-electron chi connectivity index (χ2n) is 6.00. The molecule has 2 atom stereocenters. The summed E-state index contributed by atoms with van der Waals surface area (Å²) in [6, 6.07) is -1.10. The fraction of sp³-hybridized carbons (Fsp3) is 0.800. The molecule has 7 heteroatoms. The zero-order valence-corrected chi connectivity index (χ0v) is 14.2. The first-order valence-corrected chi connectivity index (χ1v) is 7.42. The van der Waals surface area contributed by atoms with E-state index in [0.717, 1.165) is 4.90 Å². The predicted molar refractivity (Wildman–Crippen MR) is 80.5 cm³/mol. The molecule has 128 valence electrons. The van der Waals surface area contributed by atoms with E-state index in [2.05, 4.69) is 0 Å². The van der Waals surface area contributed by atoms with Crippen molar-refractivity contribution in [1.29, 1.82) is 0 Å². The molecule has 22 heavy (non-hydrogen) atoms. The number of aliphatic carboxylic acids is 1. The topological polar surface area (TPSA) is 93.1 Å². The van der Waals surface area contributed by atoms with Crippen LogP contribution >= 0.6 is 0 Å². The van der Waals surface area contributed by atoms with E-state index < -0.39 is 35.6 Å². The van der Waals surface area contributed by atoms with E-state index in [0.29, 0.717) is 6.42 Å². The van der Waals surface area contributed by atoms with Crippen molar-refractivity contribution in [3.63, 3.8) is 0 Å². The summed E-state index contributed by atoms with van der Waals surface area (Å²) in [6.07, 6.45) is -0.324. The minimum Gasteiger partial charge on any atom is -0.480 e. The van der Waals surface area contributed by atoms with E-state index in [4.69, 9.17) is 14.6 Å². The lowest BCUT2D eigenvalue weighted by atomic mass is 10.1. The Bertz CT molecular complexity index is 401. The monoisotopic (exact) mass is 317 g/mol. The Morgan fingerprint density at radius 2 is 1.73 bits per heavy atom. The summed E-state index contributed by atoms with van der Waals surface area (Å²) in [5.74, 6) is -2.20. The van der Waals surface area contributed by atoms with Crippen LogP contribution in [0.25, 0.3) is 0 Å². The highest BCUT2D eigenvalue weighted by Gasteiger charge is 2.33. The number of carboxylic acid groups (broad SMARTS) is 1. The van der Waals surface area contributed by atoms with Crippen molar-refractivity contribution in [3.8, 4) is 0 Å². The average molecular weight is 317 g/mol. The third-order valence-corrected chi connectivity index (χ3v) is 2.98. The van der Waals surface area contributed by atoms with Crippen molar-refractivity contribution in [3.05, 3.63) is 0 Å². The molecule has 2 unspecified atom stereocenters. The lowest BCUT2D eigenvalue weighted by molar-refractivity contribution is -0.151. The Hall–Kier alpha value is -1.79. The highest BCUT2D eigenvalue weighted by Crippen LogP contribution is 2.16. The van der Waals surface area contributed by atoms with Crippen LogP contribution in [0, 0.1) is 5.92 Å². The van der Waals surface area contributed by atoms with Gasteiger partial charge in [-0.1, -0.05) is 6.92 Å². The van der Waals surface area contributed by atoms with Gasteiger partial charge in [0.1, 0.15) is 11.6 Å². The Morgan fingerprint density at radius 3 is 2.09 bits per heavy atom. The number of esters is 1. The highest BCUT2D eigenvalue weighted by atomic mass is 16.6. The fourth-order valence-corrected chi connectivity index (χ4v) is 1.71. The van der Waals surface area contributed by atoms with Gasteiger partial charge in [0, 0.05) is 6.54 Å². The van der Waals surface area contributed by atoms with Gasteiger partial charge in [-0.05, 0) is 41.0 Å². The molecule has 0 aromatic carbocycles. The van der Waals surface area contributed by atoms with Gasteiger partial charge in [0.05, 0.1) is 12.5 Å². The molecule has 1 amide bonds. The molecule has 1 N–H and O–H groups in total. The maximum Gasteiger partial charge on any atom is 0.411 e. The number of amides is 1. The van der Waals surface area contributed by atoms with Gasteiger partial charge < -0.3 is 14.6 Å². The summed E-state index contributed by atoms with van der Waals surface area (Å²) in [7, 11) is 0. The van der Waals surface area contributed by atoms with Crippen molar-refractivity contribution in [2.75, 3.05) is 13.2 Å². The molecule has 0 aromatic heterocycles. The molecule has 0 spiro atoms. The molecular formula is C15H27NO6. The predicted octanol–water partition coefficient (Wildman–Crippen LogP) is 2.29. The van der Waals surface area contributed by atoms with Crippen molar-refractivity contribution in [2.24, 2.45) is 5.92 Å². The molecule has 0 bridgehead atoms. The third-order valence-electron chi connectivity index (χ3n) is 2.98. The lowest BCUT2D eigenvalue weighted by Gasteiger charge is -2.31. The molecule has 0 fully saturated rings. The molecule has 0 aliphatic heterocycles. The first kappa shape index (κ1) is 20.2. The van der Waals surface area contributed by atoms with Crippen LogP contribution in [0.1, 0.15) is 48.0 Å². The molecular weight excluding hydrogens is 290 g/mol. The van der Waals surface area contributed by atoms with Crippen molar-refractivity contribution < 1.29 is 29.0 Å². The van der Waals surface area contributed by atoms with Gasteiger partial charge in [-0.25, -0.2) is 9.59 Å². The quantitative estimate of drug-likeness (QED) is 0.724. The van der Waals surface area contributed by atoms with Gasteiger partial charge in [0.2, 0.25) is 0 Å². The number of carbonyl (C=O) groups excluding carboxylic acids is 2. The smallest absolute Gasteiger partial charge is 0.411 e. The largest absolute Gasteiger partial charge is 0.480 e. The van der Waals surface area contributed by atoms with E-state index in [1.165, 1.54) is 6.92 Å². The van der Waals surface area contributed by atoms with Crippen LogP contribution in [0.15, 0.2) is 0 Å². The molecule has 0 saturated carbocycles. The first-order chi connectivity index (χ1) is 10.0. The van der Waals surface area contributed by atoms with Gasteiger partial charge in [0.25, 0.3) is 0 Å². The van der Waals surface area contributed by atoms with Gasteiger partial charge in [-0.15, -0.1) is 0 Å². The van der Waals surface area contributed by atoms with Crippen molar-refractivity contribution in [2.45, 2.75) is 59.6 Å². The van der Waals surface area contributed by atoms with Gasteiger partial charge in [-0.3, -0.25) is 9.69 Å². The van der Waals surface area contributed by atoms with Crippen LogP contribution in [0.3, 0.4) is 0 Å². The summed E-state index contributed by atoms with van der Waals surface area (Å²) >= 11 is 0. The summed E-state index contributed by atoms with van der Waals surface area (Å²) < 4.78 is 10.2. The Labute approximate surface area is 131 Å². The number of hydrogen-bond donors (Lipinski definition) is 1. The number of carbonyl (C=O) groups is 3. The van der Waals surface area contributed by atoms with Crippen LogP contribution < -0.4 is 0 Å². The average Bonchev–Trinajstić information content (AvgIpc) is 2.37. The summed E-state index contributed by atoms with van der Waals surface area (Å²) in [6.45, 7) is 10.1. The number of carboxylic acids is 1. The van der Waals surface area contributed by atoms with Gasteiger partial charge in [-0.2, -0.15) is 0 Å². The van der Waals surface area contributed by atoms with Crippen molar-refractivity contribution >= 4 is 18.0 Å². The molecule has 0 aliphatic rings. The van der Waals surface area contributed by atoms with Gasteiger partial charge >= 0.3 is 18.0 Å². The van der Waals surface area contributed by atoms with Crippen LogP contribution in [-0.2, 0) is 19.1 Å². The van der Waals surface area contributed by atoms with Crippen LogP contribution in [0.5, 0.6) is 0 Å². The number of ether oxygens (including phenoxy) is 2. The van der Waals surface area contributed by atoms with Crippen molar-refractivity contribution in [1.82, 2.24) is 4.90 Å². The Balaban J connectivity index is 5.19. The Morgan fingerprint density at radius 1 is 1.18 bits per heavy atom. The maximum absolute atomic E-state index is 12.2. The van der Waals surface area contributed by atoms with Gasteiger partial charge in [0.15, 0.2) is 0 Å². The van der Waals surface area contributed by atoms with E-state index in [9.17, 15) is 14.4 Å². The molecule has 0 heterocycles. The second kappa shape index (κ2) is 8.60. The molecule has 0 aromatic rings. The SMILES string of the molecule is CCOC(=O)C(CC)CN(C(=O)OC(C)(C)C)C(C)C(=O)O. The number of nitrogens with zero attached hydrogens (tertiary/aromatic N) is 1. The number of rotatable bonds is 7. The zero-order chi connectivity index (χ0) is 17.5. The lowest BCUT2D eigenvalue weighted by Crippen LogP contribution is -2.48. The molecule has 0 saturated heterocycles. The summed E-state index contributed by atoms with van der Waals surface area (Å²) in [5, 5.41) is 9.16. The van der Waals surface area contributed by atoms with Crippen LogP contribution in [-0.4, -0.2) is 52.8 Å². The zero-order valence-electron chi connectivity index (χ0n) is 14.2. The minimum atomic E-state index is -1.16. The first-order valence-electron chi connectivity index (χ1n) is 7.42. The van der Waals surface area contributed by atoms with E-state index >= 15 is 0 Å². The standard InChI is InChI=1S/C15H27NO6/c1-7-11(13(19)21-8-2)9-16(10(3)12(17)18)14(20)22-15(4,5)6/h10-11H,7-9H2,1-6H3,(H,17,18). The molecule has 7 nitrogen and oxygen atoms in total. The highest BCUT2D eigenvalue weighted by molar-refractivity contribution is 5.80. The minimum absolute atomic E-state index is 0.0578. The maximum atomic E-state index is 12.2. The normalized spacial score (nSPS) is 13.9. The Kier molecular flexibility index (Phi) is 7.90. The van der Waals surface area contributed by atoms with Crippen LogP contribution in [0.2, 0.25) is 0 Å². The molecule has 0 aliphatic carbocycles. The summed E-state index contributed by atoms with van der Waals surface area (Å²) in [5.41, 5.74) is -0.751. The number of hydrogen-bond acceptors (Lipinski definition) is 5. The van der Waals surface area contributed by atoms with E-state index in [1.807, 2.05) is 0 Å². The third kappa shape index (κ3) is 6.78.